The molecule has 0 atom stereocenters. The lowest BCUT2D eigenvalue weighted by Crippen LogP contribution is -2.40. The predicted octanol–water partition coefficient (Wildman–Crippen LogP) is 16.2. The maximum atomic E-state index is 5.33. The van der Waals surface area contributed by atoms with Gasteiger partial charge < -0.3 is 0 Å². The lowest BCUT2D eigenvalue weighted by Gasteiger charge is -2.46. The minimum absolute atomic E-state index is 0.174. The van der Waals surface area contributed by atoms with Crippen molar-refractivity contribution < 1.29 is 0 Å². The molecule has 0 aliphatic heterocycles. The van der Waals surface area contributed by atoms with Gasteiger partial charge in [0.1, 0.15) is 0 Å². The Hall–Kier alpha value is -7.61. The summed E-state index contributed by atoms with van der Waals surface area (Å²) in [6.45, 7) is 4.79. The molecule has 0 saturated heterocycles. The zero-order valence-corrected chi connectivity index (χ0v) is 36.2. The molecular weight excluding hydrogens is 771 g/mol. The number of fused-ring (bicyclic) bond motifs is 9. The van der Waals surface area contributed by atoms with E-state index in [2.05, 4.69) is 238 Å². The maximum absolute atomic E-state index is 5.33. The fraction of sp³-hybridized carbons (Fsp3) is 0.0952. The molecule has 0 unspecified atom stereocenters. The van der Waals surface area contributed by atoms with Gasteiger partial charge in [-0.2, -0.15) is 0 Å². The summed E-state index contributed by atoms with van der Waals surface area (Å²) in [6, 6.07) is 76.7. The van der Waals surface area contributed by atoms with Gasteiger partial charge in [-0.25, -0.2) is 4.98 Å². The van der Waals surface area contributed by atoms with Gasteiger partial charge in [0.25, 0.3) is 0 Å². The molecule has 1 heterocycles. The highest BCUT2D eigenvalue weighted by molar-refractivity contribution is 5.98. The van der Waals surface area contributed by atoms with Crippen LogP contribution in [0.2, 0.25) is 0 Å². The standard InChI is InChI=1S/C63H47N/c1-62(2)54-27-12-14-29-56(54)63(57-30-15-13-28-55(57)62)53-37-36-49(44-34-32-43(33-35-44)48-25-16-24-47(38-48)42-18-6-3-7-19-42)39-52(53)61-51(26-17-31-58(61)63)50-40-59(45-20-8-4-9-21-45)64-60(41-50)46-22-10-5-11-23-46/h3-4,6-10,12-41H,5,11H2,1-2H3. The first-order chi connectivity index (χ1) is 31.5. The van der Waals surface area contributed by atoms with Crippen molar-refractivity contribution in [1.29, 1.82) is 0 Å². The van der Waals surface area contributed by atoms with Crippen LogP contribution in [0.1, 0.15) is 65.8 Å². The Balaban J connectivity index is 1.08. The molecule has 0 fully saturated rings. The van der Waals surface area contributed by atoms with Crippen molar-refractivity contribution in [3.8, 4) is 66.9 Å². The molecule has 9 aromatic rings. The van der Waals surface area contributed by atoms with Crippen LogP contribution in [0.3, 0.4) is 0 Å². The summed E-state index contributed by atoms with van der Waals surface area (Å²) in [5.41, 5.74) is 24.0. The van der Waals surface area contributed by atoms with E-state index in [1.165, 1.54) is 94.6 Å². The van der Waals surface area contributed by atoms with Crippen LogP contribution in [0.5, 0.6) is 0 Å². The Morgan fingerprint density at radius 1 is 0.359 bits per heavy atom. The van der Waals surface area contributed by atoms with Gasteiger partial charge in [-0.1, -0.05) is 214 Å². The monoisotopic (exact) mass is 817 g/mol. The average Bonchev–Trinajstić information content (AvgIpc) is 3.67. The molecule has 3 aliphatic carbocycles. The normalized spacial score (nSPS) is 14.9. The van der Waals surface area contributed by atoms with E-state index in [1.807, 2.05) is 0 Å². The van der Waals surface area contributed by atoms with Gasteiger partial charge in [0, 0.05) is 11.0 Å². The summed E-state index contributed by atoms with van der Waals surface area (Å²) in [6.07, 6.45) is 8.95. The Morgan fingerprint density at radius 2 is 0.875 bits per heavy atom. The Morgan fingerprint density at radius 3 is 1.52 bits per heavy atom. The van der Waals surface area contributed by atoms with Crippen LogP contribution in [-0.2, 0) is 10.8 Å². The zero-order valence-electron chi connectivity index (χ0n) is 36.2. The summed E-state index contributed by atoms with van der Waals surface area (Å²) < 4.78 is 0. The second-order valence-electron chi connectivity index (χ2n) is 18.1. The molecule has 0 radical (unpaired) electrons. The molecule has 1 heteroatoms. The fourth-order valence-corrected chi connectivity index (χ4v) is 11.1. The van der Waals surface area contributed by atoms with Gasteiger partial charge >= 0.3 is 0 Å². The van der Waals surface area contributed by atoms with Gasteiger partial charge in [0.05, 0.1) is 16.8 Å². The van der Waals surface area contributed by atoms with Crippen molar-refractivity contribution in [2.45, 2.75) is 37.5 Å². The second-order valence-corrected chi connectivity index (χ2v) is 18.1. The smallest absolute Gasteiger partial charge is 0.0719 e. The molecule has 0 saturated carbocycles. The van der Waals surface area contributed by atoms with Crippen molar-refractivity contribution in [1.82, 2.24) is 4.98 Å². The molecule has 1 spiro atoms. The van der Waals surface area contributed by atoms with Gasteiger partial charge in [0.15, 0.2) is 0 Å². The molecule has 3 aliphatic rings. The number of aromatic nitrogens is 1. The molecule has 12 rings (SSSR count). The number of pyridine rings is 1. The van der Waals surface area contributed by atoms with Gasteiger partial charge in [-0.15, -0.1) is 0 Å². The number of allylic oxidation sites excluding steroid dienone is 4. The third-order valence-electron chi connectivity index (χ3n) is 14.2. The first kappa shape index (κ1) is 38.1. The van der Waals surface area contributed by atoms with E-state index < -0.39 is 5.41 Å². The number of hydrogen-bond acceptors (Lipinski definition) is 1. The summed E-state index contributed by atoms with van der Waals surface area (Å²) in [5, 5.41) is 0. The highest BCUT2D eigenvalue weighted by Gasteiger charge is 2.53. The highest BCUT2D eigenvalue weighted by atomic mass is 14.7. The zero-order chi connectivity index (χ0) is 42.8. The predicted molar refractivity (Wildman–Crippen MR) is 267 cm³/mol. The van der Waals surface area contributed by atoms with Gasteiger partial charge in [0.2, 0.25) is 0 Å². The molecule has 0 amide bonds. The molecule has 64 heavy (non-hydrogen) atoms. The van der Waals surface area contributed by atoms with Crippen LogP contribution in [0, 0.1) is 0 Å². The first-order valence-electron chi connectivity index (χ1n) is 22.7. The SMILES string of the molecule is CC1(C)c2ccccc2C2(c3ccc(-c4ccc(-c5cccc(-c6ccccc6)c5)cc4)cc3-c3c(-c4cc(C5=CCCC=C5)nc(-c5ccccc5)c4)cccc32)c2ccccc21. The lowest BCUT2D eigenvalue weighted by molar-refractivity contribution is 0.563. The molecule has 1 nitrogen and oxygen atoms in total. The van der Waals surface area contributed by atoms with Crippen molar-refractivity contribution in [2.24, 2.45) is 0 Å². The van der Waals surface area contributed by atoms with E-state index in [0.717, 1.165) is 29.8 Å². The number of hydrogen-bond donors (Lipinski definition) is 0. The van der Waals surface area contributed by atoms with Gasteiger partial charge in [-0.05, 0) is 132 Å². The largest absolute Gasteiger partial charge is 0.248 e. The summed E-state index contributed by atoms with van der Waals surface area (Å²) in [5.74, 6) is 0. The van der Waals surface area contributed by atoms with Crippen LogP contribution < -0.4 is 0 Å². The fourth-order valence-electron chi connectivity index (χ4n) is 11.1. The van der Waals surface area contributed by atoms with Crippen molar-refractivity contribution in [2.75, 3.05) is 0 Å². The Bertz CT molecular complexity index is 3280. The Kier molecular flexibility index (Phi) is 8.95. The minimum Gasteiger partial charge on any atom is -0.248 e. The number of nitrogens with zero attached hydrogens (tertiary/aromatic N) is 1. The third-order valence-corrected chi connectivity index (χ3v) is 14.2. The van der Waals surface area contributed by atoms with Gasteiger partial charge in [-0.3, -0.25) is 0 Å². The lowest BCUT2D eigenvalue weighted by atomic mass is 9.55. The second kappa shape index (κ2) is 15.0. The molecule has 8 aromatic carbocycles. The summed E-state index contributed by atoms with van der Waals surface area (Å²) >= 11 is 0. The molecular formula is C63H47N. The van der Waals surface area contributed by atoms with E-state index in [0.29, 0.717) is 0 Å². The van der Waals surface area contributed by atoms with Crippen LogP contribution in [-0.4, -0.2) is 4.98 Å². The third kappa shape index (κ3) is 5.95. The summed E-state index contributed by atoms with van der Waals surface area (Å²) in [7, 11) is 0. The van der Waals surface area contributed by atoms with Crippen LogP contribution in [0.25, 0.3) is 72.5 Å². The van der Waals surface area contributed by atoms with Crippen LogP contribution in [0.4, 0.5) is 0 Å². The van der Waals surface area contributed by atoms with E-state index in [4.69, 9.17) is 4.98 Å². The number of rotatable bonds is 6. The maximum Gasteiger partial charge on any atom is 0.0719 e. The Labute approximate surface area is 376 Å². The molecule has 0 N–H and O–H groups in total. The quantitative estimate of drug-likeness (QED) is 0.163. The molecule has 304 valence electrons. The van der Waals surface area contributed by atoms with E-state index >= 15 is 0 Å². The van der Waals surface area contributed by atoms with Crippen LogP contribution in [0.15, 0.2) is 224 Å². The minimum atomic E-state index is -0.512. The van der Waals surface area contributed by atoms with Crippen molar-refractivity contribution >= 4 is 5.57 Å². The summed E-state index contributed by atoms with van der Waals surface area (Å²) in [4.78, 5) is 5.33. The average molecular weight is 818 g/mol. The van der Waals surface area contributed by atoms with Crippen molar-refractivity contribution in [3.63, 3.8) is 0 Å². The van der Waals surface area contributed by atoms with Crippen LogP contribution >= 0.6 is 0 Å². The van der Waals surface area contributed by atoms with E-state index in [-0.39, 0.29) is 5.41 Å². The molecule has 1 aromatic heterocycles. The topological polar surface area (TPSA) is 12.9 Å². The highest BCUT2D eigenvalue weighted by Crippen LogP contribution is 2.63. The van der Waals surface area contributed by atoms with Crippen molar-refractivity contribution in [3.05, 3.63) is 264 Å². The van der Waals surface area contributed by atoms with E-state index in [9.17, 15) is 0 Å². The number of benzene rings is 8. The molecule has 0 bridgehead atoms. The first-order valence-corrected chi connectivity index (χ1v) is 22.7. The van der Waals surface area contributed by atoms with E-state index in [1.54, 1.807) is 0 Å².